The van der Waals surface area contributed by atoms with Gasteiger partial charge in [-0.1, -0.05) is 24.1 Å². The van der Waals surface area contributed by atoms with Crippen molar-refractivity contribution >= 4 is 11.6 Å². The molecule has 1 aromatic carbocycles. The Morgan fingerprint density at radius 1 is 1.43 bits per heavy atom. The van der Waals surface area contributed by atoms with Crippen LogP contribution in [0, 0.1) is 6.92 Å². The smallest absolute Gasteiger partial charge is 0.0408 e. The number of halogens is 1. The number of rotatable bonds is 2. The monoisotopic (exact) mass is 209 g/mol. The zero-order valence-electron chi connectivity index (χ0n) is 8.52. The summed E-state index contributed by atoms with van der Waals surface area (Å²) in [5.41, 5.74) is 8.81. The van der Waals surface area contributed by atoms with Crippen molar-refractivity contribution in [2.45, 2.75) is 31.6 Å². The predicted molar refractivity (Wildman–Crippen MR) is 60.8 cm³/mol. The van der Waals surface area contributed by atoms with Gasteiger partial charge in [-0.05, 0) is 43.0 Å². The number of nitrogens with two attached hydrogens (primary N) is 1. The van der Waals surface area contributed by atoms with E-state index in [9.17, 15) is 0 Å². The Labute approximate surface area is 90.3 Å². The minimum Gasteiger partial charge on any atom is -0.330 e. The van der Waals surface area contributed by atoms with E-state index in [0.717, 1.165) is 11.6 Å². The van der Waals surface area contributed by atoms with Crippen LogP contribution in [0.25, 0.3) is 0 Å². The normalized spacial score (nSPS) is 19.1. The van der Waals surface area contributed by atoms with E-state index in [2.05, 4.69) is 13.0 Å². The summed E-state index contributed by atoms with van der Waals surface area (Å²) in [5, 5.41) is 0.817. The fourth-order valence-electron chi connectivity index (χ4n) is 2.41. The highest BCUT2D eigenvalue weighted by atomic mass is 35.5. The molecule has 0 spiro atoms. The van der Waals surface area contributed by atoms with Gasteiger partial charge < -0.3 is 5.73 Å². The van der Waals surface area contributed by atoms with E-state index in [0.29, 0.717) is 0 Å². The van der Waals surface area contributed by atoms with Crippen LogP contribution in [0.15, 0.2) is 18.2 Å². The maximum atomic E-state index is 5.94. The van der Waals surface area contributed by atoms with Crippen LogP contribution in [-0.2, 0) is 5.41 Å². The summed E-state index contributed by atoms with van der Waals surface area (Å²) >= 11 is 5.94. The van der Waals surface area contributed by atoms with Gasteiger partial charge in [0, 0.05) is 17.0 Å². The van der Waals surface area contributed by atoms with Crippen molar-refractivity contribution in [3.05, 3.63) is 34.3 Å². The number of hydrogen-bond donors (Lipinski definition) is 1. The molecule has 0 atom stereocenters. The predicted octanol–water partition coefficient (Wildman–Crippen LogP) is 3.03. The third-order valence-electron chi connectivity index (χ3n) is 3.46. The van der Waals surface area contributed by atoms with Gasteiger partial charge in [-0.2, -0.15) is 0 Å². The molecular formula is C12H16ClN. The van der Waals surface area contributed by atoms with Crippen LogP contribution in [0.5, 0.6) is 0 Å². The highest BCUT2D eigenvalue weighted by Crippen LogP contribution is 2.44. The van der Waals surface area contributed by atoms with Crippen molar-refractivity contribution in [3.63, 3.8) is 0 Å². The van der Waals surface area contributed by atoms with Gasteiger partial charge in [0.25, 0.3) is 0 Å². The third-order valence-corrected chi connectivity index (χ3v) is 3.70. The summed E-state index contributed by atoms with van der Waals surface area (Å²) in [5.74, 6) is 0. The molecule has 0 bridgehead atoms. The standard InChI is InChI=1S/C12H16ClN/c1-9-7-10(13)3-4-11(9)12(8-14)5-2-6-12/h3-4,7H,2,5-6,8,14H2,1H3. The molecule has 2 rings (SSSR count). The van der Waals surface area contributed by atoms with Crippen LogP contribution in [0.4, 0.5) is 0 Å². The second kappa shape index (κ2) is 3.56. The number of hydrogen-bond acceptors (Lipinski definition) is 1. The molecule has 76 valence electrons. The van der Waals surface area contributed by atoms with E-state index in [1.54, 1.807) is 0 Å². The van der Waals surface area contributed by atoms with Crippen molar-refractivity contribution in [1.82, 2.24) is 0 Å². The van der Waals surface area contributed by atoms with Crippen LogP contribution in [0.1, 0.15) is 30.4 Å². The van der Waals surface area contributed by atoms with Crippen LogP contribution >= 0.6 is 11.6 Å². The molecule has 0 aromatic heterocycles. The molecule has 0 heterocycles. The van der Waals surface area contributed by atoms with Crippen molar-refractivity contribution in [3.8, 4) is 0 Å². The van der Waals surface area contributed by atoms with Gasteiger partial charge in [0.05, 0.1) is 0 Å². The fraction of sp³-hybridized carbons (Fsp3) is 0.500. The average molecular weight is 210 g/mol. The van der Waals surface area contributed by atoms with Crippen molar-refractivity contribution in [2.75, 3.05) is 6.54 Å². The maximum Gasteiger partial charge on any atom is 0.0408 e. The highest BCUT2D eigenvalue weighted by molar-refractivity contribution is 6.30. The van der Waals surface area contributed by atoms with Crippen molar-refractivity contribution in [2.24, 2.45) is 5.73 Å². The van der Waals surface area contributed by atoms with Gasteiger partial charge in [0.15, 0.2) is 0 Å². The summed E-state index contributed by atoms with van der Waals surface area (Å²) in [6.45, 7) is 2.88. The van der Waals surface area contributed by atoms with Gasteiger partial charge in [-0.3, -0.25) is 0 Å². The highest BCUT2D eigenvalue weighted by Gasteiger charge is 2.38. The second-order valence-electron chi connectivity index (χ2n) is 4.30. The third kappa shape index (κ3) is 1.45. The molecule has 0 unspecified atom stereocenters. The largest absolute Gasteiger partial charge is 0.330 e. The minimum atomic E-state index is 0.259. The molecule has 0 amide bonds. The number of aryl methyl sites for hydroxylation is 1. The Morgan fingerprint density at radius 2 is 2.14 bits per heavy atom. The molecule has 2 N–H and O–H groups in total. The molecule has 2 heteroatoms. The molecule has 1 fully saturated rings. The van der Waals surface area contributed by atoms with Gasteiger partial charge in [-0.15, -0.1) is 0 Å². The van der Waals surface area contributed by atoms with E-state index < -0.39 is 0 Å². The number of benzene rings is 1. The zero-order chi connectivity index (χ0) is 10.2. The van der Waals surface area contributed by atoms with Gasteiger partial charge in [0.2, 0.25) is 0 Å². The lowest BCUT2D eigenvalue weighted by molar-refractivity contribution is 0.252. The molecule has 0 aliphatic heterocycles. The summed E-state index contributed by atoms with van der Waals surface area (Å²) in [7, 11) is 0. The second-order valence-corrected chi connectivity index (χ2v) is 4.73. The SMILES string of the molecule is Cc1cc(Cl)ccc1C1(CN)CCC1. The summed E-state index contributed by atoms with van der Waals surface area (Å²) in [4.78, 5) is 0. The molecule has 1 nitrogen and oxygen atoms in total. The molecule has 0 saturated heterocycles. The van der Waals surface area contributed by atoms with Crippen LogP contribution in [-0.4, -0.2) is 6.54 Å². The molecule has 1 aliphatic carbocycles. The van der Waals surface area contributed by atoms with Crippen LogP contribution in [0.2, 0.25) is 5.02 Å². The lowest BCUT2D eigenvalue weighted by atomic mass is 9.63. The molecular weight excluding hydrogens is 194 g/mol. The molecule has 14 heavy (non-hydrogen) atoms. The van der Waals surface area contributed by atoms with E-state index in [-0.39, 0.29) is 5.41 Å². The summed E-state index contributed by atoms with van der Waals surface area (Å²) in [6, 6.07) is 6.15. The zero-order valence-corrected chi connectivity index (χ0v) is 9.27. The first-order valence-electron chi connectivity index (χ1n) is 5.15. The Morgan fingerprint density at radius 3 is 2.57 bits per heavy atom. The lowest BCUT2D eigenvalue weighted by Crippen LogP contribution is -2.42. The maximum absolute atomic E-state index is 5.94. The van der Waals surface area contributed by atoms with E-state index in [1.165, 1.54) is 30.4 Å². The Hall–Kier alpha value is -0.530. The van der Waals surface area contributed by atoms with E-state index in [1.807, 2.05) is 12.1 Å². The molecule has 1 aromatic rings. The van der Waals surface area contributed by atoms with Gasteiger partial charge in [0.1, 0.15) is 0 Å². The first kappa shape index (κ1) is 10.0. The van der Waals surface area contributed by atoms with Crippen molar-refractivity contribution in [1.29, 1.82) is 0 Å². The van der Waals surface area contributed by atoms with E-state index >= 15 is 0 Å². The van der Waals surface area contributed by atoms with Crippen molar-refractivity contribution < 1.29 is 0 Å². The summed E-state index contributed by atoms with van der Waals surface area (Å²) < 4.78 is 0. The Kier molecular flexibility index (Phi) is 2.54. The molecule has 1 aliphatic rings. The first-order valence-corrected chi connectivity index (χ1v) is 5.52. The Bertz CT molecular complexity index is 337. The van der Waals surface area contributed by atoms with E-state index in [4.69, 9.17) is 17.3 Å². The summed E-state index contributed by atoms with van der Waals surface area (Å²) in [6.07, 6.45) is 3.76. The van der Waals surface area contributed by atoms with Gasteiger partial charge in [-0.25, -0.2) is 0 Å². The van der Waals surface area contributed by atoms with Gasteiger partial charge >= 0.3 is 0 Å². The quantitative estimate of drug-likeness (QED) is 0.796. The lowest BCUT2D eigenvalue weighted by Gasteiger charge is -2.42. The fourth-order valence-corrected chi connectivity index (χ4v) is 2.64. The topological polar surface area (TPSA) is 26.0 Å². The van der Waals surface area contributed by atoms with Crippen LogP contribution in [0.3, 0.4) is 0 Å². The Balaban J connectivity index is 2.40. The first-order chi connectivity index (χ1) is 6.68. The minimum absolute atomic E-state index is 0.259. The average Bonchev–Trinajstić information content (AvgIpc) is 2.07. The molecule has 1 saturated carbocycles. The van der Waals surface area contributed by atoms with Crippen LogP contribution < -0.4 is 5.73 Å². The molecule has 0 radical (unpaired) electrons.